The molecule has 0 N–H and O–H groups in total. The van der Waals surface area contributed by atoms with E-state index in [0.29, 0.717) is 12.0 Å². The van der Waals surface area contributed by atoms with E-state index in [-0.39, 0.29) is 0 Å². The number of fused-ring (bicyclic) bond motifs is 1. The lowest BCUT2D eigenvalue weighted by Crippen LogP contribution is -2.38. The van der Waals surface area contributed by atoms with E-state index in [0.717, 1.165) is 16.7 Å². The van der Waals surface area contributed by atoms with Gasteiger partial charge in [0.1, 0.15) is 6.07 Å². The predicted molar refractivity (Wildman–Crippen MR) is 74.0 cm³/mol. The third-order valence-electron chi connectivity index (χ3n) is 3.70. The molecule has 0 aromatic heterocycles. The average Bonchev–Trinajstić information content (AvgIpc) is 2.47. The molecule has 1 aliphatic heterocycles. The number of rotatable bonds is 1. The topological polar surface area (TPSA) is 50.1 Å². The Balaban J connectivity index is 2.16. The molecular formula is C17H13NO2. The second-order valence-electron chi connectivity index (χ2n) is 4.98. The molecule has 1 atom stereocenters. The summed E-state index contributed by atoms with van der Waals surface area (Å²) in [5.74, 6) is -0.434. The second-order valence-corrected chi connectivity index (χ2v) is 4.98. The van der Waals surface area contributed by atoms with Crippen LogP contribution in [0.25, 0.3) is 0 Å². The fourth-order valence-corrected chi connectivity index (χ4v) is 2.69. The minimum atomic E-state index is -1.23. The van der Waals surface area contributed by atoms with Crippen LogP contribution in [-0.4, -0.2) is 5.97 Å². The lowest BCUT2D eigenvalue weighted by molar-refractivity contribution is -0.000827. The molecule has 3 rings (SSSR count). The molecule has 0 bridgehead atoms. The van der Waals surface area contributed by atoms with Crippen molar-refractivity contribution in [2.24, 2.45) is 0 Å². The number of cyclic esters (lactones) is 1. The molecule has 0 saturated heterocycles. The van der Waals surface area contributed by atoms with E-state index in [1.54, 1.807) is 12.1 Å². The first-order chi connectivity index (χ1) is 9.66. The molecule has 0 saturated carbocycles. The van der Waals surface area contributed by atoms with Gasteiger partial charge in [-0.1, -0.05) is 42.5 Å². The van der Waals surface area contributed by atoms with Gasteiger partial charge < -0.3 is 4.74 Å². The maximum Gasteiger partial charge on any atom is 0.340 e. The van der Waals surface area contributed by atoms with Crippen LogP contribution in [0.5, 0.6) is 0 Å². The standard InChI is InChI=1S/C17H13NO2/c1-12-6-2-5-9-15(12)17(11-18)10-13-7-3-4-8-14(13)16(19)20-17/h2-9H,10H2,1H3. The summed E-state index contributed by atoms with van der Waals surface area (Å²) in [5.41, 5.74) is 1.88. The number of esters is 1. The predicted octanol–water partition coefficient (Wildman–Crippen LogP) is 3.13. The third-order valence-corrected chi connectivity index (χ3v) is 3.70. The number of ether oxygens (including phenoxy) is 1. The molecule has 2 aromatic rings. The van der Waals surface area contributed by atoms with Gasteiger partial charge in [-0.25, -0.2) is 4.79 Å². The molecule has 0 fully saturated rings. The van der Waals surface area contributed by atoms with Crippen molar-refractivity contribution in [1.82, 2.24) is 0 Å². The third kappa shape index (κ3) is 1.78. The summed E-state index contributed by atoms with van der Waals surface area (Å²) in [5, 5.41) is 9.64. The van der Waals surface area contributed by atoms with Crippen LogP contribution in [-0.2, 0) is 16.8 Å². The lowest BCUT2D eigenvalue weighted by atomic mass is 9.82. The Morgan fingerprint density at radius 3 is 2.60 bits per heavy atom. The van der Waals surface area contributed by atoms with Crippen LogP contribution < -0.4 is 0 Å². The maximum absolute atomic E-state index is 12.2. The van der Waals surface area contributed by atoms with Crippen LogP contribution in [0.2, 0.25) is 0 Å². The van der Waals surface area contributed by atoms with Crippen molar-refractivity contribution >= 4 is 5.97 Å². The first-order valence-electron chi connectivity index (χ1n) is 6.45. The molecule has 1 unspecified atom stereocenters. The number of carbonyl (C=O) groups is 1. The Morgan fingerprint density at radius 2 is 1.85 bits per heavy atom. The van der Waals surface area contributed by atoms with E-state index < -0.39 is 11.6 Å². The number of benzene rings is 2. The van der Waals surface area contributed by atoms with Gasteiger partial charge in [0.25, 0.3) is 0 Å². The maximum atomic E-state index is 12.2. The Labute approximate surface area is 117 Å². The normalized spacial score (nSPS) is 20.7. The van der Waals surface area contributed by atoms with Crippen LogP contribution in [0.1, 0.15) is 27.0 Å². The van der Waals surface area contributed by atoms with E-state index in [2.05, 4.69) is 6.07 Å². The minimum absolute atomic E-state index is 0.385. The van der Waals surface area contributed by atoms with E-state index in [4.69, 9.17) is 4.74 Å². The van der Waals surface area contributed by atoms with Gasteiger partial charge in [0.2, 0.25) is 5.60 Å². The fourth-order valence-electron chi connectivity index (χ4n) is 2.69. The highest BCUT2D eigenvalue weighted by Gasteiger charge is 2.43. The van der Waals surface area contributed by atoms with Crippen molar-refractivity contribution in [3.8, 4) is 6.07 Å². The summed E-state index contributed by atoms with van der Waals surface area (Å²) < 4.78 is 5.52. The van der Waals surface area contributed by atoms with Crippen molar-refractivity contribution in [1.29, 1.82) is 5.26 Å². The van der Waals surface area contributed by atoms with Gasteiger partial charge in [0, 0.05) is 12.0 Å². The Hall–Kier alpha value is -2.60. The monoisotopic (exact) mass is 263 g/mol. The molecule has 0 amide bonds. The highest BCUT2D eigenvalue weighted by molar-refractivity contribution is 5.93. The molecular weight excluding hydrogens is 250 g/mol. The summed E-state index contributed by atoms with van der Waals surface area (Å²) >= 11 is 0. The second kappa shape index (κ2) is 4.50. The zero-order chi connectivity index (χ0) is 14.2. The van der Waals surface area contributed by atoms with Gasteiger partial charge in [0.05, 0.1) is 5.56 Å². The summed E-state index contributed by atoms with van der Waals surface area (Å²) in [7, 11) is 0. The fraction of sp³-hybridized carbons (Fsp3) is 0.176. The lowest BCUT2D eigenvalue weighted by Gasteiger charge is -2.33. The number of nitriles is 1. The zero-order valence-corrected chi connectivity index (χ0v) is 11.1. The Morgan fingerprint density at radius 1 is 1.15 bits per heavy atom. The van der Waals surface area contributed by atoms with Gasteiger partial charge in [0.15, 0.2) is 0 Å². The molecule has 1 heterocycles. The summed E-state index contributed by atoms with van der Waals surface area (Å²) in [4.78, 5) is 12.2. The van der Waals surface area contributed by atoms with E-state index in [1.807, 2.05) is 43.3 Å². The number of nitrogens with zero attached hydrogens (tertiary/aromatic N) is 1. The number of aryl methyl sites for hydroxylation is 1. The van der Waals surface area contributed by atoms with E-state index in [9.17, 15) is 10.1 Å². The zero-order valence-electron chi connectivity index (χ0n) is 11.1. The van der Waals surface area contributed by atoms with Gasteiger partial charge in [-0.05, 0) is 24.1 Å². The van der Waals surface area contributed by atoms with Crippen LogP contribution >= 0.6 is 0 Å². The van der Waals surface area contributed by atoms with Crippen LogP contribution in [0.15, 0.2) is 48.5 Å². The summed E-state index contributed by atoms with van der Waals surface area (Å²) in [6.07, 6.45) is 0.385. The van der Waals surface area contributed by atoms with Crippen molar-refractivity contribution in [2.45, 2.75) is 18.9 Å². The molecule has 2 aromatic carbocycles. The first kappa shape index (κ1) is 12.4. The average molecular weight is 263 g/mol. The smallest absolute Gasteiger partial charge is 0.340 e. The summed E-state index contributed by atoms with van der Waals surface area (Å²) in [6.45, 7) is 1.92. The number of hydrogen-bond donors (Lipinski definition) is 0. The van der Waals surface area contributed by atoms with Crippen molar-refractivity contribution in [2.75, 3.05) is 0 Å². The molecule has 1 aliphatic rings. The van der Waals surface area contributed by atoms with Crippen LogP contribution in [0, 0.1) is 18.3 Å². The molecule has 3 heteroatoms. The molecule has 0 spiro atoms. The van der Waals surface area contributed by atoms with Crippen molar-refractivity contribution < 1.29 is 9.53 Å². The van der Waals surface area contributed by atoms with Crippen LogP contribution in [0.4, 0.5) is 0 Å². The quantitative estimate of drug-likeness (QED) is 0.743. The molecule has 20 heavy (non-hydrogen) atoms. The van der Waals surface area contributed by atoms with Crippen LogP contribution in [0.3, 0.4) is 0 Å². The van der Waals surface area contributed by atoms with E-state index >= 15 is 0 Å². The first-order valence-corrected chi connectivity index (χ1v) is 6.45. The SMILES string of the molecule is Cc1ccccc1C1(C#N)Cc2ccccc2C(=O)O1. The van der Waals surface area contributed by atoms with E-state index in [1.165, 1.54) is 0 Å². The largest absolute Gasteiger partial charge is 0.435 e. The molecule has 0 radical (unpaired) electrons. The van der Waals surface area contributed by atoms with Crippen molar-refractivity contribution in [3.63, 3.8) is 0 Å². The number of hydrogen-bond acceptors (Lipinski definition) is 3. The number of carbonyl (C=O) groups excluding carboxylic acids is 1. The summed E-state index contributed by atoms with van der Waals surface area (Å²) in [6, 6.07) is 17.0. The van der Waals surface area contributed by atoms with Gasteiger partial charge >= 0.3 is 5.97 Å². The van der Waals surface area contributed by atoms with Gasteiger partial charge in [-0.15, -0.1) is 0 Å². The Bertz CT molecular complexity index is 730. The van der Waals surface area contributed by atoms with Gasteiger partial charge in [-0.3, -0.25) is 0 Å². The molecule has 98 valence electrons. The molecule has 3 nitrogen and oxygen atoms in total. The highest BCUT2D eigenvalue weighted by atomic mass is 16.6. The Kier molecular flexibility index (Phi) is 2.80. The van der Waals surface area contributed by atoms with Crippen molar-refractivity contribution in [3.05, 3.63) is 70.8 Å². The minimum Gasteiger partial charge on any atom is -0.435 e. The molecule has 0 aliphatic carbocycles. The van der Waals surface area contributed by atoms with Gasteiger partial charge in [-0.2, -0.15) is 5.26 Å². The highest BCUT2D eigenvalue weighted by Crippen LogP contribution is 2.37.